The summed E-state index contributed by atoms with van der Waals surface area (Å²) >= 11 is 0. The number of nitrogens with zero attached hydrogens (tertiary/aromatic N) is 1. The van der Waals surface area contributed by atoms with E-state index in [1.165, 1.54) is 11.0 Å². The predicted octanol–water partition coefficient (Wildman–Crippen LogP) is 3.96. The molecule has 1 saturated heterocycles. The van der Waals surface area contributed by atoms with E-state index in [1.54, 1.807) is 67.8 Å². The number of phenolic OH excluding ortho intramolecular Hbond substituents is 1. The summed E-state index contributed by atoms with van der Waals surface area (Å²) in [5.74, 6) is -0.726. The van der Waals surface area contributed by atoms with Gasteiger partial charge >= 0.3 is 0 Å². The highest BCUT2D eigenvalue weighted by atomic mass is 16.5. The maximum Gasteiger partial charge on any atom is 0.300 e. The van der Waals surface area contributed by atoms with Crippen molar-refractivity contribution < 1.29 is 29.3 Å². The molecule has 1 atom stereocenters. The second-order valence-electron chi connectivity index (χ2n) is 7.85. The van der Waals surface area contributed by atoms with E-state index in [9.17, 15) is 19.8 Å². The van der Waals surface area contributed by atoms with Gasteiger partial charge in [-0.25, -0.2) is 0 Å². The predicted molar refractivity (Wildman–Crippen MR) is 122 cm³/mol. The van der Waals surface area contributed by atoms with Crippen LogP contribution in [-0.4, -0.2) is 35.6 Å². The summed E-state index contributed by atoms with van der Waals surface area (Å²) in [5.41, 5.74) is 2.07. The number of rotatable bonds is 4. The number of amides is 1. The second kappa shape index (κ2) is 8.02. The van der Waals surface area contributed by atoms with Crippen molar-refractivity contribution in [2.24, 2.45) is 0 Å². The van der Waals surface area contributed by atoms with Crippen LogP contribution >= 0.6 is 0 Å². The van der Waals surface area contributed by atoms with Gasteiger partial charge in [0.15, 0.2) is 0 Å². The number of hydrogen-bond acceptors (Lipinski definition) is 6. The summed E-state index contributed by atoms with van der Waals surface area (Å²) in [5, 5.41) is 21.7. The summed E-state index contributed by atoms with van der Waals surface area (Å²) in [6, 6.07) is 17.4. The third-order valence-corrected chi connectivity index (χ3v) is 5.98. The summed E-state index contributed by atoms with van der Waals surface area (Å²) in [7, 11) is 1.54. The molecule has 5 rings (SSSR count). The molecule has 7 heteroatoms. The van der Waals surface area contributed by atoms with Crippen LogP contribution in [0, 0.1) is 0 Å². The minimum atomic E-state index is -0.936. The van der Waals surface area contributed by atoms with E-state index < -0.39 is 17.7 Å². The number of hydrogen-bond donors (Lipinski definition) is 2. The van der Waals surface area contributed by atoms with Crippen LogP contribution in [0.5, 0.6) is 17.2 Å². The third-order valence-electron chi connectivity index (χ3n) is 5.98. The minimum absolute atomic E-state index is 0.0488. The Kier molecular flexibility index (Phi) is 5.01. The number of ketones is 1. The Morgan fingerprint density at radius 2 is 1.82 bits per heavy atom. The van der Waals surface area contributed by atoms with Crippen molar-refractivity contribution in [2.45, 2.75) is 12.5 Å². The van der Waals surface area contributed by atoms with Gasteiger partial charge in [0.05, 0.1) is 31.0 Å². The van der Waals surface area contributed by atoms with Crippen LogP contribution in [0.3, 0.4) is 0 Å². The van der Waals surface area contributed by atoms with Gasteiger partial charge in [0, 0.05) is 12.0 Å². The zero-order chi connectivity index (χ0) is 23.1. The maximum absolute atomic E-state index is 13.2. The van der Waals surface area contributed by atoms with Crippen molar-refractivity contribution in [2.75, 3.05) is 18.6 Å². The summed E-state index contributed by atoms with van der Waals surface area (Å²) in [6.07, 6.45) is 0.699. The fourth-order valence-corrected chi connectivity index (χ4v) is 4.34. The zero-order valence-corrected chi connectivity index (χ0v) is 17.8. The molecular formula is C26H21NO6. The summed E-state index contributed by atoms with van der Waals surface area (Å²) in [6.45, 7) is 0.559. The Labute approximate surface area is 190 Å². The van der Waals surface area contributed by atoms with Crippen LogP contribution < -0.4 is 14.4 Å². The molecule has 2 aliphatic rings. The quantitative estimate of drug-likeness (QED) is 0.360. The van der Waals surface area contributed by atoms with Gasteiger partial charge in [0.2, 0.25) is 0 Å². The molecule has 1 fully saturated rings. The molecule has 2 heterocycles. The van der Waals surface area contributed by atoms with Gasteiger partial charge in [-0.3, -0.25) is 14.5 Å². The van der Waals surface area contributed by atoms with E-state index in [0.29, 0.717) is 29.9 Å². The van der Waals surface area contributed by atoms with Crippen molar-refractivity contribution in [3.05, 3.63) is 89.0 Å². The largest absolute Gasteiger partial charge is 0.507 e. The highest BCUT2D eigenvalue weighted by Gasteiger charge is 2.47. The lowest BCUT2D eigenvalue weighted by Gasteiger charge is -2.26. The molecule has 0 spiro atoms. The minimum Gasteiger partial charge on any atom is -0.507 e. The molecule has 3 aromatic rings. The van der Waals surface area contributed by atoms with E-state index in [2.05, 4.69) is 0 Å². The van der Waals surface area contributed by atoms with E-state index in [1.807, 2.05) is 0 Å². The van der Waals surface area contributed by atoms with Gasteiger partial charge in [-0.2, -0.15) is 0 Å². The Bertz CT molecular complexity index is 1290. The smallest absolute Gasteiger partial charge is 0.300 e. The van der Waals surface area contributed by atoms with Crippen molar-refractivity contribution in [1.82, 2.24) is 0 Å². The summed E-state index contributed by atoms with van der Waals surface area (Å²) in [4.78, 5) is 27.6. The van der Waals surface area contributed by atoms with Crippen LogP contribution in [0.2, 0.25) is 0 Å². The number of aliphatic hydroxyl groups excluding tert-OH is 1. The molecule has 2 N–H and O–H groups in total. The fraction of sp³-hybridized carbons (Fsp3) is 0.154. The second-order valence-corrected chi connectivity index (χ2v) is 7.85. The van der Waals surface area contributed by atoms with E-state index >= 15 is 0 Å². The third kappa shape index (κ3) is 3.38. The van der Waals surface area contributed by atoms with E-state index in [4.69, 9.17) is 9.47 Å². The standard InChI is InChI=1S/C26H21NO6/c1-32-18-9-6-15(7-10-18)23-22(24(29)17-8-11-21-16(14-17)12-13-33-21)25(30)26(31)27(23)19-4-2-3-5-20(19)28/h2-11,14,23,28-29H,12-13H2,1H3/b24-22-. The van der Waals surface area contributed by atoms with Crippen molar-refractivity contribution in [3.8, 4) is 17.2 Å². The Morgan fingerprint density at radius 3 is 2.55 bits per heavy atom. The lowest BCUT2D eigenvalue weighted by atomic mass is 9.94. The molecule has 0 bridgehead atoms. The van der Waals surface area contributed by atoms with Gasteiger partial charge in [-0.15, -0.1) is 0 Å². The van der Waals surface area contributed by atoms with Gasteiger partial charge in [0.1, 0.15) is 23.0 Å². The zero-order valence-electron chi connectivity index (χ0n) is 17.8. The number of ether oxygens (including phenoxy) is 2. The van der Waals surface area contributed by atoms with Crippen molar-refractivity contribution in [3.63, 3.8) is 0 Å². The number of benzene rings is 3. The van der Waals surface area contributed by atoms with E-state index in [0.717, 1.165) is 11.3 Å². The number of carbonyl (C=O) groups is 2. The summed E-state index contributed by atoms with van der Waals surface area (Å²) < 4.78 is 10.8. The van der Waals surface area contributed by atoms with Crippen LogP contribution in [0.1, 0.15) is 22.7 Å². The normalized spacial score (nSPS) is 18.8. The SMILES string of the molecule is COc1ccc(C2/C(=C(/O)c3ccc4c(c3)CCO4)C(=O)C(=O)N2c2ccccc2O)cc1. The monoisotopic (exact) mass is 443 g/mol. The van der Waals surface area contributed by atoms with Crippen LogP contribution in [-0.2, 0) is 16.0 Å². The Hall–Kier alpha value is -4.26. The van der Waals surface area contributed by atoms with E-state index in [-0.39, 0.29) is 22.8 Å². The molecule has 0 saturated carbocycles. The molecule has 3 aromatic carbocycles. The molecule has 2 aliphatic heterocycles. The average molecular weight is 443 g/mol. The number of fused-ring (bicyclic) bond motifs is 1. The maximum atomic E-state index is 13.2. The average Bonchev–Trinajstić information content (AvgIpc) is 3.41. The van der Waals surface area contributed by atoms with Crippen molar-refractivity contribution in [1.29, 1.82) is 0 Å². The van der Waals surface area contributed by atoms with Gasteiger partial charge in [0.25, 0.3) is 11.7 Å². The molecule has 1 unspecified atom stereocenters. The molecule has 7 nitrogen and oxygen atoms in total. The number of methoxy groups -OCH3 is 1. The van der Waals surface area contributed by atoms with Crippen LogP contribution in [0.15, 0.2) is 72.3 Å². The Morgan fingerprint density at radius 1 is 1.06 bits per heavy atom. The van der Waals surface area contributed by atoms with Crippen molar-refractivity contribution >= 4 is 23.1 Å². The highest BCUT2D eigenvalue weighted by molar-refractivity contribution is 6.51. The number of aliphatic hydroxyl groups is 1. The van der Waals surface area contributed by atoms with Crippen LogP contribution in [0.4, 0.5) is 5.69 Å². The number of Topliss-reactive ketones (excluding diaryl/α,β-unsaturated/α-hetero) is 1. The first-order chi connectivity index (χ1) is 16.0. The Balaban J connectivity index is 1.71. The first-order valence-corrected chi connectivity index (χ1v) is 10.5. The molecule has 166 valence electrons. The number of anilines is 1. The number of aromatic hydroxyl groups is 1. The first-order valence-electron chi connectivity index (χ1n) is 10.5. The molecule has 0 radical (unpaired) electrons. The van der Waals surface area contributed by atoms with Gasteiger partial charge in [-0.05, 0) is 53.6 Å². The number of para-hydroxylation sites is 2. The molecule has 33 heavy (non-hydrogen) atoms. The molecule has 1 amide bonds. The highest BCUT2D eigenvalue weighted by Crippen LogP contribution is 2.45. The van der Waals surface area contributed by atoms with Crippen LogP contribution in [0.25, 0.3) is 5.76 Å². The lowest BCUT2D eigenvalue weighted by Crippen LogP contribution is -2.29. The number of phenols is 1. The topological polar surface area (TPSA) is 96.3 Å². The molecule has 0 aromatic heterocycles. The first kappa shape index (κ1) is 20.6. The van der Waals surface area contributed by atoms with Gasteiger partial charge in [-0.1, -0.05) is 24.3 Å². The molecular weight excluding hydrogens is 422 g/mol. The number of carbonyl (C=O) groups excluding carboxylic acids is 2. The van der Waals surface area contributed by atoms with Gasteiger partial charge < -0.3 is 19.7 Å². The fourth-order valence-electron chi connectivity index (χ4n) is 4.34. The lowest BCUT2D eigenvalue weighted by molar-refractivity contribution is -0.132. The molecule has 0 aliphatic carbocycles.